The van der Waals surface area contributed by atoms with Crippen LogP contribution in [0.5, 0.6) is 0 Å². The predicted molar refractivity (Wildman–Crippen MR) is 72.6 cm³/mol. The molecule has 0 radical (unpaired) electrons. The first-order chi connectivity index (χ1) is 8.97. The van der Waals surface area contributed by atoms with E-state index in [4.69, 9.17) is 4.74 Å². The number of rotatable bonds is 2. The van der Waals surface area contributed by atoms with Crippen molar-refractivity contribution in [3.8, 4) is 0 Å². The Hall–Kier alpha value is -1.45. The molecule has 1 aromatic rings. The lowest BCUT2D eigenvalue weighted by molar-refractivity contribution is 0.00866. The number of aromatic nitrogens is 2. The highest BCUT2D eigenvalue weighted by Gasteiger charge is 2.31. The van der Waals surface area contributed by atoms with E-state index in [0.29, 0.717) is 11.1 Å². The van der Waals surface area contributed by atoms with E-state index >= 15 is 0 Å². The van der Waals surface area contributed by atoms with Gasteiger partial charge in [0.05, 0.1) is 6.20 Å². The summed E-state index contributed by atoms with van der Waals surface area (Å²) in [5, 5.41) is 0. The van der Waals surface area contributed by atoms with Crippen molar-refractivity contribution in [1.82, 2.24) is 9.97 Å². The van der Waals surface area contributed by atoms with Crippen LogP contribution in [0.15, 0.2) is 18.6 Å². The van der Waals surface area contributed by atoms with E-state index in [1.807, 2.05) is 0 Å². The van der Waals surface area contributed by atoms with Crippen LogP contribution < -0.4 is 0 Å². The molecule has 1 aliphatic rings. The minimum atomic E-state index is -0.354. The molecule has 1 fully saturated rings. The summed E-state index contributed by atoms with van der Waals surface area (Å²) in [5.74, 6) is 0.367. The smallest absolute Gasteiger partial charge is 0.358 e. The van der Waals surface area contributed by atoms with E-state index in [1.54, 1.807) is 6.20 Å². The Morgan fingerprint density at radius 2 is 1.89 bits per heavy atom. The summed E-state index contributed by atoms with van der Waals surface area (Å²) in [5.41, 5.74) is 0.639. The van der Waals surface area contributed by atoms with Crippen molar-refractivity contribution in [3.05, 3.63) is 24.3 Å². The van der Waals surface area contributed by atoms with Crippen molar-refractivity contribution in [2.24, 2.45) is 11.3 Å². The molecule has 1 aliphatic carbocycles. The van der Waals surface area contributed by atoms with Crippen molar-refractivity contribution in [1.29, 1.82) is 0 Å². The van der Waals surface area contributed by atoms with Crippen LogP contribution >= 0.6 is 0 Å². The second-order valence-corrected chi connectivity index (χ2v) is 6.34. The van der Waals surface area contributed by atoms with Crippen molar-refractivity contribution in [3.63, 3.8) is 0 Å². The Balaban J connectivity index is 1.85. The molecule has 0 bridgehead atoms. The summed E-state index contributed by atoms with van der Waals surface area (Å²) in [7, 11) is 0. The Morgan fingerprint density at radius 1 is 1.21 bits per heavy atom. The minimum absolute atomic E-state index is 0.0353. The number of carbonyl (C=O) groups is 1. The maximum atomic E-state index is 11.9. The van der Waals surface area contributed by atoms with E-state index < -0.39 is 0 Å². The standard InChI is InChI=1S/C15H22N2O2/c1-15(2,3)11-4-6-12(7-5-11)19-14(18)13-10-16-8-9-17-13/h8-12H,4-7H2,1-3H3. The van der Waals surface area contributed by atoms with Gasteiger partial charge in [0.25, 0.3) is 0 Å². The van der Waals surface area contributed by atoms with Gasteiger partial charge in [-0.1, -0.05) is 20.8 Å². The molecule has 2 rings (SSSR count). The molecule has 19 heavy (non-hydrogen) atoms. The first kappa shape index (κ1) is 14.0. The Labute approximate surface area is 114 Å². The summed E-state index contributed by atoms with van der Waals surface area (Å²) >= 11 is 0. The molecule has 0 spiro atoms. The Morgan fingerprint density at radius 3 is 2.42 bits per heavy atom. The molecular formula is C15H22N2O2. The van der Waals surface area contributed by atoms with Gasteiger partial charge in [-0.3, -0.25) is 4.98 Å². The van der Waals surface area contributed by atoms with Crippen LogP contribution in [0.1, 0.15) is 56.9 Å². The van der Waals surface area contributed by atoms with Gasteiger partial charge in [0.2, 0.25) is 0 Å². The second-order valence-electron chi connectivity index (χ2n) is 6.34. The van der Waals surface area contributed by atoms with Gasteiger partial charge in [-0.25, -0.2) is 9.78 Å². The highest BCUT2D eigenvalue weighted by atomic mass is 16.5. The molecule has 0 saturated heterocycles. The highest BCUT2D eigenvalue weighted by Crippen LogP contribution is 2.38. The highest BCUT2D eigenvalue weighted by molar-refractivity contribution is 5.86. The van der Waals surface area contributed by atoms with Gasteiger partial charge in [0, 0.05) is 12.4 Å². The van der Waals surface area contributed by atoms with Crippen LogP contribution in [0, 0.1) is 11.3 Å². The molecular weight excluding hydrogens is 240 g/mol. The zero-order valence-electron chi connectivity index (χ0n) is 11.9. The fraction of sp³-hybridized carbons (Fsp3) is 0.667. The van der Waals surface area contributed by atoms with E-state index in [1.165, 1.54) is 12.4 Å². The van der Waals surface area contributed by atoms with Crippen molar-refractivity contribution >= 4 is 5.97 Å². The molecule has 104 valence electrons. The van der Waals surface area contributed by atoms with Gasteiger partial charge in [0.1, 0.15) is 6.10 Å². The number of ether oxygens (including phenoxy) is 1. The van der Waals surface area contributed by atoms with Crippen LogP contribution in [0.25, 0.3) is 0 Å². The topological polar surface area (TPSA) is 52.1 Å². The number of esters is 1. The molecule has 0 aliphatic heterocycles. The lowest BCUT2D eigenvalue weighted by Crippen LogP contribution is -2.30. The fourth-order valence-corrected chi connectivity index (χ4v) is 2.66. The number of hydrogen-bond donors (Lipinski definition) is 0. The van der Waals surface area contributed by atoms with E-state index in [9.17, 15) is 4.79 Å². The summed E-state index contributed by atoms with van der Waals surface area (Å²) < 4.78 is 5.50. The summed E-state index contributed by atoms with van der Waals surface area (Å²) in [6.07, 6.45) is 8.70. The molecule has 0 N–H and O–H groups in total. The first-order valence-corrected chi connectivity index (χ1v) is 6.94. The van der Waals surface area contributed by atoms with Crippen LogP contribution in [-0.4, -0.2) is 22.0 Å². The predicted octanol–water partition coefficient (Wildman–Crippen LogP) is 3.24. The molecule has 4 nitrogen and oxygen atoms in total. The second kappa shape index (κ2) is 5.68. The molecule has 1 heterocycles. The Bertz CT molecular complexity index is 418. The third-order valence-corrected chi connectivity index (χ3v) is 3.94. The third kappa shape index (κ3) is 3.75. The third-order valence-electron chi connectivity index (χ3n) is 3.94. The monoisotopic (exact) mass is 262 g/mol. The van der Waals surface area contributed by atoms with E-state index in [0.717, 1.165) is 31.6 Å². The molecule has 0 amide bonds. The summed E-state index contributed by atoms with van der Waals surface area (Å²) in [6.45, 7) is 6.84. The Kier molecular flexibility index (Phi) is 4.17. The van der Waals surface area contributed by atoms with Crippen molar-refractivity contribution in [2.75, 3.05) is 0 Å². The lowest BCUT2D eigenvalue weighted by Gasteiger charge is -2.36. The quantitative estimate of drug-likeness (QED) is 0.768. The SMILES string of the molecule is CC(C)(C)C1CCC(OC(=O)c2cnccn2)CC1. The maximum absolute atomic E-state index is 11.9. The largest absolute Gasteiger partial charge is 0.458 e. The van der Waals surface area contributed by atoms with E-state index in [-0.39, 0.29) is 12.1 Å². The molecule has 0 aromatic carbocycles. The number of nitrogens with zero attached hydrogens (tertiary/aromatic N) is 2. The zero-order valence-corrected chi connectivity index (χ0v) is 11.9. The average Bonchev–Trinajstić information content (AvgIpc) is 2.39. The molecule has 1 aromatic heterocycles. The van der Waals surface area contributed by atoms with Gasteiger partial charge in [-0.2, -0.15) is 0 Å². The first-order valence-electron chi connectivity index (χ1n) is 6.94. The minimum Gasteiger partial charge on any atom is -0.458 e. The van der Waals surface area contributed by atoms with Gasteiger partial charge in [-0.15, -0.1) is 0 Å². The molecule has 1 saturated carbocycles. The van der Waals surface area contributed by atoms with Crippen molar-refractivity contribution < 1.29 is 9.53 Å². The number of hydrogen-bond acceptors (Lipinski definition) is 4. The molecule has 4 heteroatoms. The van der Waals surface area contributed by atoms with Gasteiger partial charge >= 0.3 is 5.97 Å². The van der Waals surface area contributed by atoms with Crippen LogP contribution in [-0.2, 0) is 4.74 Å². The van der Waals surface area contributed by atoms with Gasteiger partial charge < -0.3 is 4.74 Å². The summed E-state index contributed by atoms with van der Waals surface area (Å²) in [4.78, 5) is 19.7. The van der Waals surface area contributed by atoms with E-state index in [2.05, 4.69) is 30.7 Å². The number of carbonyl (C=O) groups excluding carboxylic acids is 1. The zero-order chi connectivity index (χ0) is 13.9. The van der Waals surface area contributed by atoms with Gasteiger partial charge in [-0.05, 0) is 37.0 Å². The summed E-state index contributed by atoms with van der Waals surface area (Å²) in [6, 6.07) is 0. The van der Waals surface area contributed by atoms with Crippen LogP contribution in [0.4, 0.5) is 0 Å². The fourth-order valence-electron chi connectivity index (χ4n) is 2.66. The maximum Gasteiger partial charge on any atom is 0.358 e. The molecule has 0 unspecified atom stereocenters. The molecule has 0 atom stereocenters. The normalized spacial score (nSPS) is 23.9. The van der Waals surface area contributed by atoms with Crippen LogP contribution in [0.2, 0.25) is 0 Å². The lowest BCUT2D eigenvalue weighted by atomic mass is 9.72. The van der Waals surface area contributed by atoms with Gasteiger partial charge in [0.15, 0.2) is 5.69 Å². The van der Waals surface area contributed by atoms with Crippen molar-refractivity contribution in [2.45, 2.75) is 52.6 Å². The van der Waals surface area contributed by atoms with Crippen LogP contribution in [0.3, 0.4) is 0 Å². The average molecular weight is 262 g/mol.